The molecule has 2 atom stereocenters. The molecule has 1 aliphatic carbocycles. The smallest absolute Gasteiger partial charge is 0.307 e. The molecule has 100 valence electrons. The highest BCUT2D eigenvalue weighted by molar-refractivity contribution is 5.94. The van der Waals surface area contributed by atoms with Crippen LogP contribution >= 0.6 is 0 Å². The van der Waals surface area contributed by atoms with Gasteiger partial charge in [-0.05, 0) is 12.5 Å². The first-order valence-corrected chi connectivity index (χ1v) is 6.58. The third-order valence-corrected chi connectivity index (χ3v) is 3.93. The Labute approximate surface area is 114 Å². The van der Waals surface area contributed by atoms with Crippen molar-refractivity contribution in [2.75, 3.05) is 0 Å². The number of aliphatic carboxylic acids is 1. The molecule has 0 aliphatic heterocycles. The van der Waals surface area contributed by atoms with E-state index in [1.54, 1.807) is 6.20 Å². The fraction of sp³-hybridized carbons (Fsp3) is 0.200. The van der Waals surface area contributed by atoms with E-state index in [-0.39, 0.29) is 11.8 Å². The predicted molar refractivity (Wildman–Crippen MR) is 74.4 cm³/mol. The molecule has 0 spiro atoms. The lowest BCUT2D eigenvalue weighted by Gasteiger charge is -1.95. The number of carboxylic acid groups (broad SMARTS) is 1. The van der Waals surface area contributed by atoms with Crippen molar-refractivity contribution in [1.82, 2.24) is 15.0 Å². The van der Waals surface area contributed by atoms with E-state index in [1.165, 1.54) is 0 Å². The van der Waals surface area contributed by atoms with Crippen molar-refractivity contribution in [3.05, 3.63) is 42.5 Å². The molecule has 1 aliphatic rings. The second-order valence-corrected chi connectivity index (χ2v) is 5.22. The molecule has 1 fully saturated rings. The lowest BCUT2D eigenvalue weighted by atomic mass is 10.1. The largest absolute Gasteiger partial charge is 0.481 e. The standard InChI is InChI=1S/C15H13N3O2/c19-15(20)10-5-9(10)14-17-7-13(18-14)11-6-16-12-4-2-1-3-8(11)12/h1-4,6-7,9-10,16H,5H2,(H,17,18)(H,19,20). The van der Waals surface area contributed by atoms with Crippen molar-refractivity contribution in [1.29, 1.82) is 0 Å². The molecule has 3 N–H and O–H groups in total. The van der Waals surface area contributed by atoms with Gasteiger partial charge in [0.1, 0.15) is 5.82 Å². The van der Waals surface area contributed by atoms with Gasteiger partial charge in [-0.2, -0.15) is 0 Å². The molecule has 0 radical (unpaired) electrons. The molecule has 0 amide bonds. The second kappa shape index (κ2) is 3.96. The highest BCUT2D eigenvalue weighted by Gasteiger charge is 2.46. The lowest BCUT2D eigenvalue weighted by molar-refractivity contribution is -0.138. The summed E-state index contributed by atoms with van der Waals surface area (Å²) in [6.45, 7) is 0. The van der Waals surface area contributed by atoms with Gasteiger partial charge in [0.05, 0.1) is 17.8 Å². The van der Waals surface area contributed by atoms with Crippen LogP contribution in [0.2, 0.25) is 0 Å². The van der Waals surface area contributed by atoms with Gasteiger partial charge in [-0.15, -0.1) is 0 Å². The van der Waals surface area contributed by atoms with Crippen molar-refractivity contribution < 1.29 is 9.90 Å². The first-order valence-electron chi connectivity index (χ1n) is 6.58. The molecular formula is C15H13N3O2. The van der Waals surface area contributed by atoms with Gasteiger partial charge in [-0.25, -0.2) is 4.98 Å². The fourth-order valence-corrected chi connectivity index (χ4v) is 2.73. The van der Waals surface area contributed by atoms with E-state index in [2.05, 4.69) is 21.0 Å². The number of rotatable bonds is 3. The van der Waals surface area contributed by atoms with E-state index in [9.17, 15) is 4.79 Å². The van der Waals surface area contributed by atoms with E-state index in [0.29, 0.717) is 6.42 Å². The third-order valence-electron chi connectivity index (χ3n) is 3.93. The summed E-state index contributed by atoms with van der Waals surface area (Å²) in [4.78, 5) is 21.7. The summed E-state index contributed by atoms with van der Waals surface area (Å²) in [5.74, 6) is -0.207. The second-order valence-electron chi connectivity index (χ2n) is 5.22. The Balaban J connectivity index is 1.70. The third kappa shape index (κ3) is 1.63. The van der Waals surface area contributed by atoms with Crippen molar-refractivity contribution in [3.8, 4) is 11.3 Å². The highest BCUT2D eigenvalue weighted by atomic mass is 16.4. The fourth-order valence-electron chi connectivity index (χ4n) is 2.73. The van der Waals surface area contributed by atoms with Crippen molar-refractivity contribution in [2.24, 2.45) is 5.92 Å². The van der Waals surface area contributed by atoms with E-state index >= 15 is 0 Å². The molecular weight excluding hydrogens is 254 g/mol. The van der Waals surface area contributed by atoms with Crippen LogP contribution in [-0.4, -0.2) is 26.0 Å². The van der Waals surface area contributed by atoms with Gasteiger partial charge in [0.15, 0.2) is 0 Å². The Kier molecular flexibility index (Phi) is 2.24. The van der Waals surface area contributed by atoms with Crippen molar-refractivity contribution >= 4 is 16.9 Å². The summed E-state index contributed by atoms with van der Waals surface area (Å²) in [6.07, 6.45) is 4.40. The first-order chi connectivity index (χ1) is 9.74. The first kappa shape index (κ1) is 11.3. The Morgan fingerprint density at radius 3 is 3.00 bits per heavy atom. The number of hydrogen-bond acceptors (Lipinski definition) is 2. The molecule has 2 heterocycles. The van der Waals surface area contributed by atoms with Crippen LogP contribution in [0.15, 0.2) is 36.7 Å². The molecule has 1 aromatic carbocycles. The van der Waals surface area contributed by atoms with E-state index < -0.39 is 5.97 Å². The lowest BCUT2D eigenvalue weighted by Crippen LogP contribution is -1.99. The summed E-state index contributed by atoms with van der Waals surface area (Å²) in [6, 6.07) is 8.07. The number of aromatic nitrogens is 3. The van der Waals surface area contributed by atoms with Crippen LogP contribution in [0.25, 0.3) is 22.2 Å². The van der Waals surface area contributed by atoms with Gasteiger partial charge < -0.3 is 15.1 Å². The number of para-hydroxylation sites is 1. The zero-order chi connectivity index (χ0) is 13.7. The van der Waals surface area contributed by atoms with Crippen LogP contribution in [0.3, 0.4) is 0 Å². The molecule has 0 bridgehead atoms. The highest BCUT2D eigenvalue weighted by Crippen LogP contribution is 2.46. The normalized spacial score (nSPS) is 21.2. The van der Waals surface area contributed by atoms with Crippen LogP contribution in [-0.2, 0) is 4.79 Å². The number of H-pyrrole nitrogens is 2. The van der Waals surface area contributed by atoms with Gasteiger partial charge in [-0.3, -0.25) is 4.79 Å². The number of benzene rings is 1. The molecule has 4 rings (SSSR count). The summed E-state index contributed by atoms with van der Waals surface area (Å²) >= 11 is 0. The average Bonchev–Trinajstić information content (AvgIpc) is 2.93. The summed E-state index contributed by atoms with van der Waals surface area (Å²) in [5.41, 5.74) is 3.06. The summed E-state index contributed by atoms with van der Waals surface area (Å²) in [5, 5.41) is 10.1. The Hall–Kier alpha value is -2.56. The maximum atomic E-state index is 10.9. The van der Waals surface area contributed by atoms with Gasteiger partial charge in [0, 0.05) is 28.6 Å². The minimum Gasteiger partial charge on any atom is -0.481 e. The van der Waals surface area contributed by atoms with Gasteiger partial charge >= 0.3 is 5.97 Å². The van der Waals surface area contributed by atoms with E-state index in [4.69, 9.17) is 5.11 Å². The van der Waals surface area contributed by atoms with Crippen molar-refractivity contribution in [3.63, 3.8) is 0 Å². The predicted octanol–water partition coefficient (Wildman–Crippen LogP) is 2.75. The molecule has 2 unspecified atom stereocenters. The van der Waals surface area contributed by atoms with Gasteiger partial charge in [-0.1, -0.05) is 18.2 Å². The number of carboxylic acids is 1. The van der Waals surface area contributed by atoms with Crippen molar-refractivity contribution in [2.45, 2.75) is 12.3 Å². The maximum absolute atomic E-state index is 10.9. The molecule has 20 heavy (non-hydrogen) atoms. The van der Waals surface area contributed by atoms with Crippen LogP contribution in [0, 0.1) is 5.92 Å². The topological polar surface area (TPSA) is 81.8 Å². The number of hydrogen-bond donors (Lipinski definition) is 3. The number of fused-ring (bicyclic) bond motifs is 1. The van der Waals surface area contributed by atoms with E-state index in [0.717, 1.165) is 28.0 Å². The number of imidazole rings is 1. The van der Waals surface area contributed by atoms with Crippen LogP contribution in [0.1, 0.15) is 18.2 Å². The molecule has 5 nitrogen and oxygen atoms in total. The van der Waals surface area contributed by atoms with Crippen LogP contribution < -0.4 is 0 Å². The zero-order valence-electron chi connectivity index (χ0n) is 10.6. The number of nitrogens with one attached hydrogen (secondary N) is 2. The summed E-state index contributed by atoms with van der Waals surface area (Å²) < 4.78 is 0. The number of nitrogens with zero attached hydrogens (tertiary/aromatic N) is 1. The van der Waals surface area contributed by atoms with Gasteiger partial charge in [0.25, 0.3) is 0 Å². The quantitative estimate of drug-likeness (QED) is 0.682. The van der Waals surface area contributed by atoms with Crippen LogP contribution in [0.4, 0.5) is 0 Å². The van der Waals surface area contributed by atoms with Gasteiger partial charge in [0.2, 0.25) is 0 Å². The summed E-state index contributed by atoms with van der Waals surface area (Å²) in [7, 11) is 0. The van der Waals surface area contributed by atoms with Crippen LogP contribution in [0.5, 0.6) is 0 Å². The molecule has 3 aromatic rings. The maximum Gasteiger partial charge on any atom is 0.307 e. The Morgan fingerprint density at radius 1 is 1.35 bits per heavy atom. The minimum atomic E-state index is -0.736. The molecule has 5 heteroatoms. The molecule has 1 saturated carbocycles. The SMILES string of the molecule is O=C(O)C1CC1c1ncc(-c2c[nH]c3ccccc23)[nH]1. The number of aromatic amines is 2. The Morgan fingerprint density at radius 2 is 2.20 bits per heavy atom. The Bertz CT molecular complexity index is 802. The minimum absolute atomic E-state index is 0.0338. The monoisotopic (exact) mass is 267 g/mol. The molecule has 2 aromatic heterocycles. The van der Waals surface area contributed by atoms with E-state index in [1.807, 2.05) is 24.4 Å². The molecule has 0 saturated heterocycles. The number of carbonyl (C=O) groups is 1. The average molecular weight is 267 g/mol. The zero-order valence-corrected chi connectivity index (χ0v) is 10.6.